The zero-order valence-corrected chi connectivity index (χ0v) is 11.8. The highest BCUT2D eigenvalue weighted by Gasteiger charge is 2.18. The Labute approximate surface area is 116 Å². The van der Waals surface area contributed by atoms with Crippen LogP contribution < -0.4 is 5.43 Å². The van der Waals surface area contributed by atoms with Crippen LogP contribution in [0.5, 0.6) is 0 Å². The Morgan fingerprint density at radius 3 is 2.72 bits per heavy atom. The van der Waals surface area contributed by atoms with Crippen LogP contribution in [0.15, 0.2) is 17.8 Å². The quantitative estimate of drug-likeness (QED) is 0.854. The van der Waals surface area contributed by atoms with Crippen LogP contribution in [0.1, 0.15) is 31.4 Å². The number of nitrogens with one attached hydrogen (secondary N) is 1. The van der Waals surface area contributed by atoms with E-state index in [1.54, 1.807) is 5.01 Å². The molecule has 1 heterocycles. The number of benzene rings is 1. The fourth-order valence-corrected chi connectivity index (χ4v) is 2.27. The van der Waals surface area contributed by atoms with Gasteiger partial charge in [-0.1, -0.05) is 30.1 Å². The number of rotatable bonds is 1. The molecule has 0 bridgehead atoms. The summed E-state index contributed by atoms with van der Waals surface area (Å²) in [4.78, 5) is 11.8. The van der Waals surface area contributed by atoms with Gasteiger partial charge in [0.2, 0.25) is 5.91 Å². The number of hydrazine groups is 1. The third-order valence-electron chi connectivity index (χ3n) is 2.88. The summed E-state index contributed by atoms with van der Waals surface area (Å²) in [5, 5.41) is 2.62. The van der Waals surface area contributed by atoms with Crippen LogP contribution in [0.25, 0.3) is 6.08 Å². The van der Waals surface area contributed by atoms with Crippen molar-refractivity contribution in [3.63, 3.8) is 0 Å². The number of carbonyl (C=O) groups is 1. The van der Waals surface area contributed by atoms with Gasteiger partial charge in [-0.15, -0.1) is 0 Å². The van der Waals surface area contributed by atoms with E-state index in [0.29, 0.717) is 23.0 Å². The van der Waals surface area contributed by atoms with Gasteiger partial charge < -0.3 is 0 Å². The van der Waals surface area contributed by atoms with E-state index in [0.717, 1.165) is 16.8 Å². The Bertz CT molecular complexity index is 526. The molecule has 1 N–H and O–H groups in total. The molecule has 0 atom stereocenters. The van der Waals surface area contributed by atoms with Gasteiger partial charge in [0.25, 0.3) is 0 Å². The monoisotopic (exact) mass is 284 g/mol. The topological polar surface area (TPSA) is 32.3 Å². The minimum absolute atomic E-state index is 0.0359. The first-order valence-corrected chi connectivity index (χ1v) is 6.51. The third-order valence-corrected chi connectivity index (χ3v) is 3.60. The zero-order valence-electron chi connectivity index (χ0n) is 10.3. The Morgan fingerprint density at radius 1 is 1.39 bits per heavy atom. The number of fused-ring (bicyclic) bond motifs is 1. The van der Waals surface area contributed by atoms with Crippen molar-refractivity contribution in [1.82, 2.24) is 10.4 Å². The molecule has 3 nitrogen and oxygen atoms in total. The van der Waals surface area contributed by atoms with Crippen LogP contribution in [-0.2, 0) is 11.3 Å². The van der Waals surface area contributed by atoms with E-state index < -0.39 is 0 Å². The van der Waals surface area contributed by atoms with Crippen LogP contribution in [-0.4, -0.2) is 10.9 Å². The van der Waals surface area contributed by atoms with Crippen LogP contribution in [0.3, 0.4) is 0 Å². The molecule has 0 aromatic heterocycles. The van der Waals surface area contributed by atoms with E-state index in [-0.39, 0.29) is 5.91 Å². The van der Waals surface area contributed by atoms with E-state index in [1.807, 2.05) is 32.1 Å². The number of hydrogen-bond donors (Lipinski definition) is 1. The normalized spacial score (nSPS) is 14.9. The first kappa shape index (κ1) is 13.4. The molecule has 0 fully saturated rings. The van der Waals surface area contributed by atoms with E-state index in [4.69, 9.17) is 23.2 Å². The van der Waals surface area contributed by atoms with Gasteiger partial charge >= 0.3 is 0 Å². The summed E-state index contributed by atoms with van der Waals surface area (Å²) >= 11 is 12.0. The number of hydrogen-bond acceptors (Lipinski definition) is 2. The van der Waals surface area contributed by atoms with Crippen molar-refractivity contribution in [2.45, 2.75) is 26.8 Å². The first-order chi connectivity index (χ1) is 8.52. The van der Waals surface area contributed by atoms with Gasteiger partial charge in [0.05, 0.1) is 10.0 Å². The maximum atomic E-state index is 11.8. The molecule has 1 aromatic rings. The summed E-state index contributed by atoms with van der Waals surface area (Å²) in [6.07, 6.45) is 2.39. The van der Waals surface area contributed by atoms with Gasteiger partial charge in [-0.2, -0.15) is 0 Å². The van der Waals surface area contributed by atoms with Crippen LogP contribution in [0.4, 0.5) is 0 Å². The van der Waals surface area contributed by atoms with Gasteiger partial charge in [0, 0.05) is 18.7 Å². The molecule has 0 saturated heterocycles. The Hall–Kier alpha value is -1.03. The lowest BCUT2D eigenvalue weighted by atomic mass is 10.1. The molecule has 0 spiro atoms. The van der Waals surface area contributed by atoms with E-state index in [2.05, 4.69) is 5.43 Å². The second kappa shape index (κ2) is 5.31. The number of allylic oxidation sites excluding steroid dienone is 1. The van der Waals surface area contributed by atoms with Crippen molar-refractivity contribution in [2.75, 3.05) is 0 Å². The molecule has 0 aliphatic carbocycles. The smallest absolute Gasteiger partial charge is 0.240 e. The number of carbonyl (C=O) groups excluding carboxylic acids is 1. The third kappa shape index (κ3) is 2.53. The first-order valence-electron chi connectivity index (χ1n) is 5.75. The average molecular weight is 285 g/mol. The lowest BCUT2D eigenvalue weighted by Crippen LogP contribution is -2.39. The highest BCUT2D eigenvalue weighted by Crippen LogP contribution is 2.29. The van der Waals surface area contributed by atoms with E-state index in [9.17, 15) is 4.79 Å². The Morgan fingerprint density at radius 2 is 2.06 bits per heavy atom. The molecule has 5 heteroatoms. The molecule has 1 amide bonds. The minimum atomic E-state index is 0.0359. The van der Waals surface area contributed by atoms with Crippen LogP contribution in [0, 0.1) is 0 Å². The number of amides is 1. The molecule has 96 valence electrons. The number of halogens is 2. The maximum absolute atomic E-state index is 11.8. The summed E-state index contributed by atoms with van der Waals surface area (Å²) in [7, 11) is 0. The largest absolute Gasteiger partial charge is 0.273 e. The molecule has 1 aliphatic heterocycles. The van der Waals surface area contributed by atoms with Gasteiger partial charge in [0.1, 0.15) is 0 Å². The van der Waals surface area contributed by atoms with Gasteiger partial charge in [0.15, 0.2) is 0 Å². The van der Waals surface area contributed by atoms with Crippen LogP contribution in [0.2, 0.25) is 10.0 Å². The second-order valence-electron chi connectivity index (χ2n) is 4.17. The molecule has 18 heavy (non-hydrogen) atoms. The number of nitrogens with zero attached hydrogens (tertiary/aromatic N) is 1. The molecular formula is C13H14Cl2N2O. The fraction of sp³-hybridized carbons (Fsp3) is 0.308. The summed E-state index contributed by atoms with van der Waals surface area (Å²) < 4.78 is 0. The van der Waals surface area contributed by atoms with Gasteiger partial charge in [-0.3, -0.25) is 4.79 Å². The highest BCUT2D eigenvalue weighted by atomic mass is 35.5. The van der Waals surface area contributed by atoms with Crippen molar-refractivity contribution < 1.29 is 4.79 Å². The van der Waals surface area contributed by atoms with Crippen molar-refractivity contribution in [1.29, 1.82) is 0 Å². The van der Waals surface area contributed by atoms with Crippen molar-refractivity contribution in [3.05, 3.63) is 39.0 Å². The van der Waals surface area contributed by atoms with E-state index in [1.165, 1.54) is 0 Å². The van der Waals surface area contributed by atoms with Crippen molar-refractivity contribution in [2.24, 2.45) is 0 Å². The van der Waals surface area contributed by atoms with E-state index >= 15 is 0 Å². The average Bonchev–Trinajstić information content (AvgIpc) is 2.48. The standard InChI is InChI=1S/C13H14Cl2N2O/c1-3-13(18)17-8(2)4-9-5-11(14)12(15)6-10(9)7-16-17/h4-6,16H,3,7H2,1-2H3. The Balaban J connectivity index is 2.41. The SMILES string of the molecule is CCC(=O)N1NCc2cc(Cl)c(Cl)cc2C=C1C. The molecular weight excluding hydrogens is 271 g/mol. The molecule has 1 aromatic carbocycles. The fourth-order valence-electron chi connectivity index (χ4n) is 1.91. The molecule has 1 aliphatic rings. The molecule has 0 unspecified atom stereocenters. The van der Waals surface area contributed by atoms with Gasteiger partial charge in [-0.05, 0) is 36.3 Å². The molecule has 2 rings (SSSR count). The second-order valence-corrected chi connectivity index (χ2v) is 4.98. The lowest BCUT2D eigenvalue weighted by molar-refractivity contribution is -0.131. The minimum Gasteiger partial charge on any atom is -0.273 e. The summed E-state index contributed by atoms with van der Waals surface area (Å²) in [5.74, 6) is 0.0359. The van der Waals surface area contributed by atoms with Gasteiger partial charge in [-0.25, -0.2) is 10.4 Å². The van der Waals surface area contributed by atoms with Crippen LogP contribution >= 0.6 is 23.2 Å². The summed E-state index contributed by atoms with van der Waals surface area (Å²) in [6.45, 7) is 4.27. The zero-order chi connectivity index (χ0) is 13.3. The summed E-state index contributed by atoms with van der Waals surface area (Å²) in [6, 6.07) is 3.65. The predicted molar refractivity (Wildman–Crippen MR) is 74.1 cm³/mol. The molecule has 0 saturated carbocycles. The molecule has 0 radical (unpaired) electrons. The lowest BCUT2D eigenvalue weighted by Gasteiger charge is -2.21. The van der Waals surface area contributed by atoms with Crippen molar-refractivity contribution >= 4 is 35.2 Å². The maximum Gasteiger partial charge on any atom is 0.240 e. The Kier molecular flexibility index (Phi) is 3.95. The predicted octanol–water partition coefficient (Wildman–Crippen LogP) is 3.61. The summed E-state index contributed by atoms with van der Waals surface area (Å²) in [5.41, 5.74) is 5.96. The van der Waals surface area contributed by atoms with Crippen molar-refractivity contribution in [3.8, 4) is 0 Å². The highest BCUT2D eigenvalue weighted by molar-refractivity contribution is 6.42.